The quantitative estimate of drug-likeness (QED) is 0.766. The van der Waals surface area contributed by atoms with Crippen LogP contribution in [0.3, 0.4) is 0 Å². The molecule has 1 aliphatic heterocycles. The highest BCUT2D eigenvalue weighted by Crippen LogP contribution is 2.40. The van der Waals surface area contributed by atoms with E-state index in [4.69, 9.17) is 11.6 Å². The number of aliphatic carboxylic acids is 1. The van der Waals surface area contributed by atoms with Crippen LogP contribution in [0.15, 0.2) is 48.5 Å². The van der Waals surface area contributed by atoms with E-state index in [1.807, 2.05) is 4.90 Å². The molecule has 0 radical (unpaired) electrons. The van der Waals surface area contributed by atoms with E-state index >= 15 is 0 Å². The van der Waals surface area contributed by atoms with Crippen LogP contribution in [-0.4, -0.2) is 29.1 Å². The Morgan fingerprint density at radius 2 is 1.67 bits per heavy atom. The Bertz CT molecular complexity index is 800. The summed E-state index contributed by atoms with van der Waals surface area (Å²) in [5.41, 5.74) is 0.191. The second kappa shape index (κ2) is 7.90. The Morgan fingerprint density at radius 3 is 2.22 bits per heavy atom. The average Bonchev–Trinajstić information content (AvgIpc) is 2.63. The number of alkyl halides is 3. The molecular formula is C20H19ClF3NO2. The van der Waals surface area contributed by atoms with Crippen LogP contribution in [-0.2, 0) is 11.0 Å². The van der Waals surface area contributed by atoms with E-state index in [1.54, 1.807) is 30.3 Å². The third-order valence-corrected chi connectivity index (χ3v) is 5.24. The van der Waals surface area contributed by atoms with Gasteiger partial charge in [0.1, 0.15) is 0 Å². The first kappa shape index (κ1) is 19.7. The third kappa shape index (κ3) is 4.45. The number of rotatable bonds is 4. The minimum atomic E-state index is -4.47. The molecule has 3 rings (SSSR count). The third-order valence-electron chi connectivity index (χ3n) is 4.99. The van der Waals surface area contributed by atoms with Crippen molar-refractivity contribution in [1.29, 1.82) is 0 Å². The van der Waals surface area contributed by atoms with Gasteiger partial charge in [-0.2, -0.15) is 13.2 Å². The first-order chi connectivity index (χ1) is 12.8. The highest BCUT2D eigenvalue weighted by atomic mass is 35.5. The maximum Gasteiger partial charge on any atom is 0.416 e. The lowest BCUT2D eigenvalue weighted by Crippen LogP contribution is -2.39. The van der Waals surface area contributed by atoms with Crippen molar-refractivity contribution in [2.75, 3.05) is 13.1 Å². The summed E-state index contributed by atoms with van der Waals surface area (Å²) in [6.45, 7) is 0.826. The molecule has 3 nitrogen and oxygen atoms in total. The maximum atomic E-state index is 13.6. The molecule has 1 fully saturated rings. The monoisotopic (exact) mass is 397 g/mol. The Kier molecular flexibility index (Phi) is 5.77. The molecule has 0 amide bonds. The molecule has 2 aromatic rings. The smallest absolute Gasteiger partial charge is 0.416 e. The highest BCUT2D eigenvalue weighted by Gasteiger charge is 2.38. The van der Waals surface area contributed by atoms with Crippen LogP contribution in [0.25, 0.3) is 0 Å². The van der Waals surface area contributed by atoms with Crippen molar-refractivity contribution in [2.24, 2.45) is 5.92 Å². The zero-order valence-electron chi connectivity index (χ0n) is 14.4. The Balaban J connectivity index is 2.02. The zero-order valence-corrected chi connectivity index (χ0v) is 15.2. The van der Waals surface area contributed by atoms with Gasteiger partial charge in [0, 0.05) is 5.02 Å². The number of halogens is 4. The summed E-state index contributed by atoms with van der Waals surface area (Å²) in [6, 6.07) is 11.7. The van der Waals surface area contributed by atoms with Gasteiger partial charge in [0.05, 0.1) is 17.5 Å². The van der Waals surface area contributed by atoms with Crippen molar-refractivity contribution in [3.8, 4) is 0 Å². The lowest BCUT2D eigenvalue weighted by atomic mass is 9.89. The van der Waals surface area contributed by atoms with Gasteiger partial charge in [0.2, 0.25) is 0 Å². The van der Waals surface area contributed by atoms with Crippen LogP contribution >= 0.6 is 11.6 Å². The minimum Gasteiger partial charge on any atom is -0.481 e. The Hall–Kier alpha value is -2.05. The van der Waals surface area contributed by atoms with Crippen LogP contribution < -0.4 is 0 Å². The number of hydrogen-bond acceptors (Lipinski definition) is 2. The SMILES string of the molecule is O=C(O)C1CCN(C(c2ccc(Cl)cc2)c2ccccc2C(F)(F)F)CC1. The molecule has 1 unspecified atom stereocenters. The molecule has 7 heteroatoms. The number of benzene rings is 2. The second-order valence-electron chi connectivity index (χ2n) is 6.69. The number of nitrogens with zero attached hydrogens (tertiary/aromatic N) is 1. The Morgan fingerprint density at radius 1 is 1.07 bits per heavy atom. The number of likely N-dealkylation sites (tertiary alicyclic amines) is 1. The highest BCUT2D eigenvalue weighted by molar-refractivity contribution is 6.30. The molecule has 27 heavy (non-hydrogen) atoms. The fourth-order valence-corrected chi connectivity index (χ4v) is 3.76. The van der Waals surface area contributed by atoms with E-state index in [2.05, 4.69) is 0 Å². The van der Waals surface area contributed by atoms with Crippen LogP contribution in [0, 0.1) is 5.92 Å². The summed E-state index contributed by atoms with van der Waals surface area (Å²) in [5.74, 6) is -1.31. The van der Waals surface area contributed by atoms with Gasteiger partial charge in [-0.1, -0.05) is 41.9 Å². The fourth-order valence-electron chi connectivity index (χ4n) is 3.63. The van der Waals surface area contributed by atoms with E-state index in [1.165, 1.54) is 12.1 Å². The van der Waals surface area contributed by atoms with Gasteiger partial charge in [-0.15, -0.1) is 0 Å². The van der Waals surface area contributed by atoms with E-state index in [0.29, 0.717) is 36.5 Å². The standard InChI is InChI=1S/C20H19ClF3NO2/c21-15-7-5-13(6-8-15)18(25-11-9-14(10-12-25)19(26)27)16-3-1-2-4-17(16)20(22,23)24/h1-8,14,18H,9-12H2,(H,26,27). The second-order valence-corrected chi connectivity index (χ2v) is 7.12. The maximum absolute atomic E-state index is 13.6. The van der Waals surface area contributed by atoms with Crippen LogP contribution in [0.1, 0.15) is 35.6 Å². The molecule has 1 atom stereocenters. The molecule has 1 aliphatic rings. The molecule has 0 aliphatic carbocycles. The Labute approximate surface area is 160 Å². The van der Waals surface area contributed by atoms with Crippen molar-refractivity contribution in [2.45, 2.75) is 25.1 Å². The first-order valence-electron chi connectivity index (χ1n) is 8.66. The normalized spacial score (nSPS) is 17.6. The van der Waals surface area contributed by atoms with Crippen molar-refractivity contribution >= 4 is 17.6 Å². The summed E-state index contributed by atoms with van der Waals surface area (Å²) in [7, 11) is 0. The molecular weight excluding hydrogens is 379 g/mol. The number of carbonyl (C=O) groups is 1. The molecule has 0 spiro atoms. The van der Waals surface area contributed by atoms with Crippen LogP contribution in [0.2, 0.25) is 5.02 Å². The number of piperidine rings is 1. The van der Waals surface area contributed by atoms with E-state index in [9.17, 15) is 23.1 Å². The molecule has 2 aromatic carbocycles. The lowest BCUT2D eigenvalue weighted by Gasteiger charge is -2.38. The van der Waals surface area contributed by atoms with Gasteiger partial charge >= 0.3 is 12.1 Å². The van der Waals surface area contributed by atoms with Crippen LogP contribution in [0.5, 0.6) is 0 Å². The molecule has 0 aromatic heterocycles. The summed E-state index contributed by atoms with van der Waals surface area (Å²) in [6.07, 6.45) is -3.65. The number of carboxylic acid groups (broad SMARTS) is 1. The van der Waals surface area contributed by atoms with Gasteiger partial charge in [-0.25, -0.2) is 0 Å². The molecule has 1 heterocycles. The fraction of sp³-hybridized carbons (Fsp3) is 0.350. The molecule has 144 valence electrons. The van der Waals surface area contributed by atoms with Crippen LogP contribution in [0.4, 0.5) is 13.2 Å². The minimum absolute atomic E-state index is 0.168. The van der Waals surface area contributed by atoms with Gasteiger partial charge in [0.25, 0.3) is 0 Å². The van der Waals surface area contributed by atoms with Gasteiger partial charge in [-0.05, 0) is 55.3 Å². The first-order valence-corrected chi connectivity index (χ1v) is 9.03. The predicted octanol–water partition coefficient (Wildman–Crippen LogP) is 5.24. The molecule has 0 bridgehead atoms. The lowest BCUT2D eigenvalue weighted by molar-refractivity contribution is -0.143. The number of hydrogen-bond donors (Lipinski definition) is 1. The van der Waals surface area contributed by atoms with Gasteiger partial charge in [0.15, 0.2) is 0 Å². The van der Waals surface area contributed by atoms with E-state index < -0.39 is 29.7 Å². The van der Waals surface area contributed by atoms with Gasteiger partial charge < -0.3 is 5.11 Å². The summed E-state index contributed by atoms with van der Waals surface area (Å²) in [4.78, 5) is 13.1. The number of carboxylic acids is 1. The van der Waals surface area contributed by atoms with Crippen molar-refractivity contribution in [1.82, 2.24) is 4.90 Å². The summed E-state index contributed by atoms with van der Waals surface area (Å²) >= 11 is 5.95. The van der Waals surface area contributed by atoms with E-state index in [0.717, 1.165) is 6.07 Å². The molecule has 0 saturated carbocycles. The predicted molar refractivity (Wildman–Crippen MR) is 96.7 cm³/mol. The molecule has 1 N–H and O–H groups in total. The van der Waals surface area contributed by atoms with Crippen molar-refractivity contribution in [3.63, 3.8) is 0 Å². The summed E-state index contributed by atoms with van der Waals surface area (Å²) < 4.78 is 40.8. The van der Waals surface area contributed by atoms with E-state index in [-0.39, 0.29) is 5.56 Å². The molecule has 1 saturated heterocycles. The largest absolute Gasteiger partial charge is 0.481 e. The van der Waals surface area contributed by atoms with Gasteiger partial charge in [-0.3, -0.25) is 9.69 Å². The van der Waals surface area contributed by atoms with Crippen molar-refractivity contribution in [3.05, 3.63) is 70.2 Å². The average molecular weight is 398 g/mol. The zero-order chi connectivity index (χ0) is 19.6. The topological polar surface area (TPSA) is 40.5 Å². The summed E-state index contributed by atoms with van der Waals surface area (Å²) in [5, 5.41) is 9.70. The van der Waals surface area contributed by atoms with Crippen molar-refractivity contribution < 1.29 is 23.1 Å².